The highest BCUT2D eigenvalue weighted by atomic mass is 16.5. The predicted octanol–water partition coefficient (Wildman–Crippen LogP) is 2.89. The van der Waals surface area contributed by atoms with Gasteiger partial charge in [-0.05, 0) is 12.8 Å². The summed E-state index contributed by atoms with van der Waals surface area (Å²) in [5.74, 6) is 0.166. The molecule has 0 atom stereocenters. The SMILES string of the molecule is CNC(=O)CCCCCCCCCCOC. The van der Waals surface area contributed by atoms with E-state index in [9.17, 15) is 4.79 Å². The van der Waals surface area contributed by atoms with Crippen molar-refractivity contribution in [3.63, 3.8) is 0 Å². The minimum atomic E-state index is 0.166. The second-order valence-corrected chi connectivity index (χ2v) is 4.24. The number of hydrogen-bond donors (Lipinski definition) is 1. The first-order chi connectivity index (χ1) is 7.81. The Kier molecular flexibility index (Phi) is 12.1. The molecule has 0 bridgehead atoms. The first kappa shape index (κ1) is 15.4. The van der Waals surface area contributed by atoms with Crippen LogP contribution in [0.2, 0.25) is 0 Å². The molecule has 0 unspecified atom stereocenters. The van der Waals surface area contributed by atoms with Crippen LogP contribution in [0.3, 0.4) is 0 Å². The fourth-order valence-corrected chi connectivity index (χ4v) is 1.72. The molecule has 0 saturated heterocycles. The number of carbonyl (C=O) groups is 1. The molecule has 0 fully saturated rings. The molecule has 0 aliphatic heterocycles. The van der Waals surface area contributed by atoms with E-state index in [0.717, 1.165) is 13.0 Å². The number of amides is 1. The second-order valence-electron chi connectivity index (χ2n) is 4.24. The smallest absolute Gasteiger partial charge is 0.219 e. The van der Waals surface area contributed by atoms with E-state index in [-0.39, 0.29) is 5.91 Å². The highest BCUT2D eigenvalue weighted by Gasteiger charge is 1.97. The lowest BCUT2D eigenvalue weighted by Crippen LogP contribution is -2.16. The Hall–Kier alpha value is -0.570. The molecule has 3 heteroatoms. The van der Waals surface area contributed by atoms with Crippen molar-refractivity contribution in [2.75, 3.05) is 20.8 Å². The van der Waals surface area contributed by atoms with Crippen molar-refractivity contribution in [3.8, 4) is 0 Å². The fourth-order valence-electron chi connectivity index (χ4n) is 1.72. The summed E-state index contributed by atoms with van der Waals surface area (Å²) in [4.78, 5) is 10.9. The molecule has 1 amide bonds. The van der Waals surface area contributed by atoms with Crippen molar-refractivity contribution in [2.24, 2.45) is 0 Å². The van der Waals surface area contributed by atoms with Gasteiger partial charge in [-0.1, -0.05) is 38.5 Å². The van der Waals surface area contributed by atoms with E-state index >= 15 is 0 Å². The number of rotatable bonds is 11. The van der Waals surface area contributed by atoms with Gasteiger partial charge in [0.05, 0.1) is 0 Å². The lowest BCUT2D eigenvalue weighted by Gasteiger charge is -2.02. The van der Waals surface area contributed by atoms with Crippen LogP contribution in [0, 0.1) is 0 Å². The lowest BCUT2D eigenvalue weighted by molar-refractivity contribution is -0.120. The third kappa shape index (κ3) is 11.5. The van der Waals surface area contributed by atoms with Crippen LogP contribution in [-0.2, 0) is 9.53 Å². The minimum Gasteiger partial charge on any atom is -0.385 e. The monoisotopic (exact) mass is 229 g/mol. The third-order valence-electron chi connectivity index (χ3n) is 2.78. The number of nitrogens with one attached hydrogen (secondary N) is 1. The molecule has 16 heavy (non-hydrogen) atoms. The van der Waals surface area contributed by atoms with E-state index in [1.54, 1.807) is 14.2 Å². The minimum absolute atomic E-state index is 0.166. The quantitative estimate of drug-likeness (QED) is 0.553. The van der Waals surface area contributed by atoms with Gasteiger partial charge in [0.2, 0.25) is 5.91 Å². The summed E-state index contributed by atoms with van der Waals surface area (Å²) >= 11 is 0. The van der Waals surface area contributed by atoms with Crippen molar-refractivity contribution in [1.82, 2.24) is 5.32 Å². The summed E-state index contributed by atoms with van der Waals surface area (Å²) in [7, 11) is 3.45. The predicted molar refractivity (Wildman–Crippen MR) is 67.5 cm³/mol. The molecule has 0 rings (SSSR count). The Morgan fingerprint density at radius 1 is 0.938 bits per heavy atom. The molecular formula is C13H27NO2. The van der Waals surface area contributed by atoms with E-state index in [0.29, 0.717) is 6.42 Å². The average Bonchev–Trinajstić information content (AvgIpc) is 2.31. The summed E-state index contributed by atoms with van der Waals surface area (Å²) in [5, 5.41) is 2.64. The fraction of sp³-hybridized carbons (Fsp3) is 0.923. The Labute approximate surface area is 99.9 Å². The van der Waals surface area contributed by atoms with Gasteiger partial charge in [0, 0.05) is 27.2 Å². The van der Waals surface area contributed by atoms with Crippen LogP contribution in [0.1, 0.15) is 57.8 Å². The van der Waals surface area contributed by atoms with E-state index in [2.05, 4.69) is 5.32 Å². The number of unbranched alkanes of at least 4 members (excludes halogenated alkanes) is 7. The summed E-state index contributed by atoms with van der Waals surface area (Å²) in [5.41, 5.74) is 0. The van der Waals surface area contributed by atoms with Crippen molar-refractivity contribution in [2.45, 2.75) is 57.8 Å². The van der Waals surface area contributed by atoms with Crippen molar-refractivity contribution in [1.29, 1.82) is 0 Å². The normalized spacial score (nSPS) is 10.4. The first-order valence-electron chi connectivity index (χ1n) is 6.50. The van der Waals surface area contributed by atoms with Crippen LogP contribution in [0.15, 0.2) is 0 Å². The standard InChI is InChI=1S/C13H27NO2/c1-14-13(15)11-9-7-5-3-4-6-8-10-12-16-2/h3-12H2,1-2H3,(H,14,15). The van der Waals surface area contributed by atoms with Gasteiger partial charge in [0.1, 0.15) is 0 Å². The molecule has 3 nitrogen and oxygen atoms in total. The summed E-state index contributed by atoms with van der Waals surface area (Å²) in [6, 6.07) is 0. The Morgan fingerprint density at radius 3 is 1.94 bits per heavy atom. The van der Waals surface area contributed by atoms with Gasteiger partial charge in [-0.3, -0.25) is 4.79 Å². The molecule has 0 aromatic heterocycles. The van der Waals surface area contributed by atoms with E-state index in [4.69, 9.17) is 4.74 Å². The Morgan fingerprint density at radius 2 is 1.44 bits per heavy atom. The van der Waals surface area contributed by atoms with Crippen molar-refractivity contribution in [3.05, 3.63) is 0 Å². The van der Waals surface area contributed by atoms with Crippen LogP contribution in [0.5, 0.6) is 0 Å². The topological polar surface area (TPSA) is 38.3 Å². The van der Waals surface area contributed by atoms with Gasteiger partial charge in [-0.2, -0.15) is 0 Å². The molecule has 0 aromatic rings. The molecule has 0 aromatic carbocycles. The zero-order valence-corrected chi connectivity index (χ0v) is 10.9. The van der Waals surface area contributed by atoms with Gasteiger partial charge < -0.3 is 10.1 Å². The van der Waals surface area contributed by atoms with Crippen LogP contribution in [-0.4, -0.2) is 26.7 Å². The van der Waals surface area contributed by atoms with Crippen LogP contribution in [0.25, 0.3) is 0 Å². The number of hydrogen-bond acceptors (Lipinski definition) is 2. The van der Waals surface area contributed by atoms with Gasteiger partial charge in [-0.25, -0.2) is 0 Å². The highest BCUT2D eigenvalue weighted by molar-refractivity contribution is 5.75. The zero-order chi connectivity index (χ0) is 12.1. The zero-order valence-electron chi connectivity index (χ0n) is 10.9. The molecular weight excluding hydrogens is 202 g/mol. The van der Waals surface area contributed by atoms with Crippen LogP contribution < -0.4 is 5.32 Å². The van der Waals surface area contributed by atoms with Gasteiger partial charge in [-0.15, -0.1) is 0 Å². The average molecular weight is 229 g/mol. The van der Waals surface area contributed by atoms with E-state index in [1.807, 2.05) is 0 Å². The molecule has 96 valence electrons. The maximum Gasteiger partial charge on any atom is 0.219 e. The van der Waals surface area contributed by atoms with Crippen LogP contribution in [0.4, 0.5) is 0 Å². The van der Waals surface area contributed by atoms with Crippen molar-refractivity contribution >= 4 is 5.91 Å². The van der Waals surface area contributed by atoms with Crippen molar-refractivity contribution < 1.29 is 9.53 Å². The van der Waals surface area contributed by atoms with E-state index in [1.165, 1.54) is 44.9 Å². The Balaban J connectivity index is 2.96. The molecule has 0 saturated carbocycles. The van der Waals surface area contributed by atoms with Gasteiger partial charge in [0.25, 0.3) is 0 Å². The molecule has 1 N–H and O–H groups in total. The summed E-state index contributed by atoms with van der Waals surface area (Å²) in [6.07, 6.45) is 10.6. The second kappa shape index (κ2) is 12.5. The molecule has 0 spiro atoms. The van der Waals surface area contributed by atoms with E-state index < -0.39 is 0 Å². The molecule has 0 heterocycles. The molecule has 0 radical (unpaired) electrons. The third-order valence-corrected chi connectivity index (χ3v) is 2.78. The summed E-state index contributed by atoms with van der Waals surface area (Å²) < 4.78 is 5.00. The Bertz CT molecular complexity index is 160. The molecule has 0 aliphatic rings. The van der Waals surface area contributed by atoms with Crippen LogP contribution >= 0.6 is 0 Å². The summed E-state index contributed by atoms with van der Waals surface area (Å²) in [6.45, 7) is 0.895. The highest BCUT2D eigenvalue weighted by Crippen LogP contribution is 2.09. The molecule has 0 aliphatic carbocycles. The maximum absolute atomic E-state index is 10.9. The number of carbonyl (C=O) groups excluding carboxylic acids is 1. The maximum atomic E-state index is 10.9. The number of ether oxygens (including phenoxy) is 1. The van der Waals surface area contributed by atoms with Gasteiger partial charge >= 0.3 is 0 Å². The lowest BCUT2D eigenvalue weighted by atomic mass is 10.1. The van der Waals surface area contributed by atoms with Gasteiger partial charge in [0.15, 0.2) is 0 Å². The largest absolute Gasteiger partial charge is 0.385 e. The first-order valence-corrected chi connectivity index (χ1v) is 6.50. The number of methoxy groups -OCH3 is 1.